The van der Waals surface area contributed by atoms with Gasteiger partial charge in [0.1, 0.15) is 11.6 Å². The molecular formula is C15H16F2N2O3. The van der Waals surface area contributed by atoms with Crippen molar-refractivity contribution in [1.29, 1.82) is 0 Å². The van der Waals surface area contributed by atoms with Crippen LogP contribution in [0.15, 0.2) is 16.7 Å². The van der Waals surface area contributed by atoms with E-state index in [1.165, 1.54) is 0 Å². The van der Waals surface area contributed by atoms with Crippen molar-refractivity contribution < 1.29 is 23.2 Å². The molecule has 0 bridgehead atoms. The number of hydrogen-bond acceptors (Lipinski definition) is 4. The van der Waals surface area contributed by atoms with E-state index in [0.29, 0.717) is 11.8 Å². The Kier molecular flexibility index (Phi) is 4.44. The van der Waals surface area contributed by atoms with Gasteiger partial charge in [-0.05, 0) is 19.9 Å². The molecule has 2 rings (SSSR count). The second kappa shape index (κ2) is 6.13. The Morgan fingerprint density at radius 3 is 2.68 bits per heavy atom. The molecule has 1 heterocycles. The number of benzene rings is 1. The molecule has 1 amide bonds. The predicted octanol–water partition coefficient (Wildman–Crippen LogP) is 2.81. The Balaban J connectivity index is 2.11. The normalized spacial score (nSPS) is 12.2. The molecule has 0 saturated carbocycles. The summed E-state index contributed by atoms with van der Waals surface area (Å²) in [6, 6.07) is 1.30. The number of nitrogens with one attached hydrogen (secondary N) is 1. The van der Waals surface area contributed by atoms with Crippen LogP contribution in [0.5, 0.6) is 5.75 Å². The highest BCUT2D eigenvalue weighted by molar-refractivity contribution is 5.96. The van der Waals surface area contributed by atoms with Gasteiger partial charge in [0.05, 0.1) is 11.3 Å². The van der Waals surface area contributed by atoms with Crippen molar-refractivity contribution in [2.45, 2.75) is 26.7 Å². The van der Waals surface area contributed by atoms with E-state index in [9.17, 15) is 18.7 Å². The Morgan fingerprint density at radius 2 is 2.09 bits per heavy atom. The van der Waals surface area contributed by atoms with Crippen LogP contribution in [0.1, 0.15) is 40.2 Å². The van der Waals surface area contributed by atoms with Crippen LogP contribution in [-0.2, 0) is 0 Å². The van der Waals surface area contributed by atoms with Gasteiger partial charge in [-0.1, -0.05) is 12.1 Å². The summed E-state index contributed by atoms with van der Waals surface area (Å²) in [6.45, 7) is 5.62. The first-order valence-electron chi connectivity index (χ1n) is 6.70. The average Bonchev–Trinajstić information content (AvgIpc) is 2.79. The second-order valence-electron chi connectivity index (χ2n) is 5.13. The molecule has 2 N–H and O–H groups in total. The molecule has 0 aliphatic heterocycles. The van der Waals surface area contributed by atoms with Crippen molar-refractivity contribution in [2.75, 3.05) is 6.54 Å². The number of hydrogen-bond donors (Lipinski definition) is 2. The SMILES string of the molecule is Cc1noc(C)c1C(C)CNC(=O)c1cc(F)cc(F)c1O. The third-order valence-corrected chi connectivity index (χ3v) is 3.42. The van der Waals surface area contributed by atoms with Gasteiger partial charge in [-0.25, -0.2) is 8.78 Å². The molecular weight excluding hydrogens is 294 g/mol. The molecule has 1 unspecified atom stereocenters. The maximum atomic E-state index is 13.2. The zero-order chi connectivity index (χ0) is 16.4. The Bertz CT molecular complexity index is 694. The van der Waals surface area contributed by atoms with Gasteiger partial charge in [0.25, 0.3) is 5.91 Å². The monoisotopic (exact) mass is 310 g/mol. The lowest BCUT2D eigenvalue weighted by molar-refractivity contribution is 0.0947. The van der Waals surface area contributed by atoms with Gasteiger partial charge in [-0.2, -0.15) is 0 Å². The predicted molar refractivity (Wildman–Crippen MR) is 74.7 cm³/mol. The van der Waals surface area contributed by atoms with E-state index in [0.717, 1.165) is 17.3 Å². The minimum Gasteiger partial charge on any atom is -0.504 e. The van der Waals surface area contributed by atoms with E-state index in [1.54, 1.807) is 13.8 Å². The van der Waals surface area contributed by atoms with Crippen molar-refractivity contribution >= 4 is 5.91 Å². The van der Waals surface area contributed by atoms with Gasteiger partial charge in [0, 0.05) is 24.1 Å². The number of rotatable bonds is 4. The molecule has 22 heavy (non-hydrogen) atoms. The quantitative estimate of drug-likeness (QED) is 0.910. The zero-order valence-corrected chi connectivity index (χ0v) is 12.4. The number of amides is 1. The van der Waals surface area contributed by atoms with Crippen LogP contribution in [-0.4, -0.2) is 22.7 Å². The number of aromatic hydroxyl groups is 1. The summed E-state index contributed by atoms with van der Waals surface area (Å²) in [5.41, 5.74) is 1.15. The van der Waals surface area contributed by atoms with Gasteiger partial charge in [-0.3, -0.25) is 4.79 Å². The van der Waals surface area contributed by atoms with Gasteiger partial charge < -0.3 is 14.9 Å². The fourth-order valence-corrected chi connectivity index (χ4v) is 2.38. The summed E-state index contributed by atoms with van der Waals surface area (Å²) < 4.78 is 31.4. The van der Waals surface area contributed by atoms with Gasteiger partial charge in [0.2, 0.25) is 0 Å². The number of carbonyl (C=O) groups excluding carboxylic acids is 1. The van der Waals surface area contributed by atoms with Crippen LogP contribution in [0.2, 0.25) is 0 Å². The molecule has 0 fully saturated rings. The van der Waals surface area contributed by atoms with Crippen LogP contribution in [0, 0.1) is 25.5 Å². The van der Waals surface area contributed by atoms with E-state index < -0.39 is 28.9 Å². The van der Waals surface area contributed by atoms with Gasteiger partial charge >= 0.3 is 0 Å². The average molecular weight is 310 g/mol. The summed E-state index contributed by atoms with van der Waals surface area (Å²) >= 11 is 0. The largest absolute Gasteiger partial charge is 0.504 e. The number of phenols is 1. The molecule has 0 saturated heterocycles. The highest BCUT2D eigenvalue weighted by atomic mass is 19.1. The summed E-state index contributed by atoms with van der Waals surface area (Å²) in [5.74, 6) is -3.18. The number of carbonyl (C=O) groups is 1. The summed E-state index contributed by atoms with van der Waals surface area (Å²) in [6.07, 6.45) is 0. The zero-order valence-electron chi connectivity index (χ0n) is 12.4. The lowest BCUT2D eigenvalue weighted by atomic mass is 9.99. The molecule has 5 nitrogen and oxygen atoms in total. The van der Waals surface area contributed by atoms with Crippen LogP contribution in [0.4, 0.5) is 8.78 Å². The van der Waals surface area contributed by atoms with Crippen molar-refractivity contribution in [1.82, 2.24) is 10.5 Å². The van der Waals surface area contributed by atoms with Crippen molar-refractivity contribution in [3.05, 3.63) is 46.3 Å². The van der Waals surface area contributed by atoms with Crippen LogP contribution < -0.4 is 5.32 Å². The number of phenolic OH excluding ortho intramolecular Hbond substituents is 1. The minimum atomic E-state index is -1.18. The Hall–Kier alpha value is -2.44. The van der Waals surface area contributed by atoms with Gasteiger partial charge in [-0.15, -0.1) is 0 Å². The van der Waals surface area contributed by atoms with Gasteiger partial charge in [0.15, 0.2) is 11.6 Å². The van der Waals surface area contributed by atoms with Crippen molar-refractivity contribution in [3.8, 4) is 5.75 Å². The molecule has 118 valence electrons. The number of aromatic nitrogens is 1. The second-order valence-corrected chi connectivity index (χ2v) is 5.13. The molecule has 1 aromatic carbocycles. The molecule has 1 aromatic heterocycles. The first-order valence-corrected chi connectivity index (χ1v) is 6.70. The highest BCUT2D eigenvalue weighted by Gasteiger charge is 2.20. The third kappa shape index (κ3) is 3.08. The van der Waals surface area contributed by atoms with Crippen LogP contribution in [0.3, 0.4) is 0 Å². The summed E-state index contributed by atoms with van der Waals surface area (Å²) in [4.78, 5) is 12.0. The standard InChI is InChI=1S/C15H16F2N2O3/c1-7(13-8(2)19-22-9(13)3)6-18-15(21)11-4-10(16)5-12(17)14(11)20/h4-5,7,20H,6H2,1-3H3,(H,18,21). The topological polar surface area (TPSA) is 75.4 Å². The maximum Gasteiger partial charge on any atom is 0.255 e. The lowest BCUT2D eigenvalue weighted by Gasteiger charge is -2.13. The fourth-order valence-electron chi connectivity index (χ4n) is 2.38. The summed E-state index contributed by atoms with van der Waals surface area (Å²) in [5, 5.41) is 15.9. The van der Waals surface area contributed by atoms with E-state index >= 15 is 0 Å². The van der Waals surface area contributed by atoms with E-state index in [2.05, 4.69) is 10.5 Å². The first kappa shape index (κ1) is 15.9. The Morgan fingerprint density at radius 1 is 1.41 bits per heavy atom. The molecule has 0 aliphatic carbocycles. The van der Waals surface area contributed by atoms with Crippen LogP contribution in [0.25, 0.3) is 0 Å². The van der Waals surface area contributed by atoms with E-state index in [4.69, 9.17) is 4.52 Å². The first-order chi connectivity index (χ1) is 10.3. The molecule has 2 aromatic rings. The van der Waals surface area contributed by atoms with E-state index in [-0.39, 0.29) is 12.5 Å². The molecule has 0 aliphatic rings. The molecule has 0 radical (unpaired) electrons. The summed E-state index contributed by atoms with van der Waals surface area (Å²) in [7, 11) is 0. The molecule has 7 heteroatoms. The Labute approximate surface area is 125 Å². The van der Waals surface area contributed by atoms with E-state index in [1.807, 2.05) is 6.92 Å². The van der Waals surface area contributed by atoms with Crippen molar-refractivity contribution in [3.63, 3.8) is 0 Å². The highest BCUT2D eigenvalue weighted by Crippen LogP contribution is 2.24. The molecule has 1 atom stereocenters. The number of aryl methyl sites for hydroxylation is 2. The number of nitrogens with zero attached hydrogens (tertiary/aromatic N) is 1. The minimum absolute atomic E-state index is 0.101. The fraction of sp³-hybridized carbons (Fsp3) is 0.333. The third-order valence-electron chi connectivity index (χ3n) is 3.42. The lowest BCUT2D eigenvalue weighted by Crippen LogP contribution is -2.28. The van der Waals surface area contributed by atoms with Crippen molar-refractivity contribution in [2.24, 2.45) is 0 Å². The number of halogens is 2. The van der Waals surface area contributed by atoms with Crippen LogP contribution >= 0.6 is 0 Å². The smallest absolute Gasteiger partial charge is 0.255 e. The maximum absolute atomic E-state index is 13.2. The molecule has 0 spiro atoms.